The number of amides is 1. The number of fused-ring (bicyclic) bond motifs is 3. The molecule has 0 spiro atoms. The lowest BCUT2D eigenvalue weighted by Crippen LogP contribution is -2.32. The van der Waals surface area contributed by atoms with Gasteiger partial charge in [0, 0.05) is 26.4 Å². The minimum atomic E-state index is -0.367. The van der Waals surface area contributed by atoms with Gasteiger partial charge in [-0.1, -0.05) is 48.5 Å². The molecule has 13 nitrogen and oxygen atoms in total. The summed E-state index contributed by atoms with van der Waals surface area (Å²) in [4.78, 5) is 24.7. The van der Waals surface area contributed by atoms with Crippen molar-refractivity contribution in [1.82, 2.24) is 4.90 Å². The molecule has 0 unspecified atom stereocenters. The maximum absolute atomic E-state index is 12.6. The van der Waals surface area contributed by atoms with E-state index in [0.29, 0.717) is 119 Å². The van der Waals surface area contributed by atoms with Crippen LogP contribution in [0, 0.1) is 0 Å². The van der Waals surface area contributed by atoms with Crippen LogP contribution in [-0.4, -0.2) is 149 Å². The number of esters is 1. The standard InChI is InChI=1S/C36H53NO12/c1-30(38)48-28-27-47-26-25-46-24-23-45-22-21-44-20-19-43-18-17-42-16-15-41-14-13-40-12-11-37(2)36(39)49-29-35-33-9-5-3-7-31(33)32-8-4-6-10-34(32)35/h3-10,35H,11-29H2,1-2H3. The van der Waals surface area contributed by atoms with Gasteiger partial charge in [0.25, 0.3) is 0 Å². The van der Waals surface area contributed by atoms with E-state index in [-0.39, 0.29) is 24.6 Å². The summed E-state index contributed by atoms with van der Waals surface area (Å²) >= 11 is 0. The van der Waals surface area contributed by atoms with E-state index < -0.39 is 0 Å². The van der Waals surface area contributed by atoms with E-state index >= 15 is 0 Å². The van der Waals surface area contributed by atoms with Gasteiger partial charge < -0.3 is 52.3 Å². The van der Waals surface area contributed by atoms with Gasteiger partial charge in [-0.05, 0) is 22.3 Å². The highest BCUT2D eigenvalue weighted by atomic mass is 16.6. The smallest absolute Gasteiger partial charge is 0.409 e. The summed E-state index contributed by atoms with van der Waals surface area (Å²) in [5.41, 5.74) is 4.79. The second kappa shape index (κ2) is 25.8. The van der Waals surface area contributed by atoms with Crippen LogP contribution in [0.3, 0.4) is 0 Å². The molecule has 1 aliphatic carbocycles. The normalized spacial score (nSPS) is 12.1. The van der Waals surface area contributed by atoms with Gasteiger partial charge in [-0.3, -0.25) is 4.79 Å². The van der Waals surface area contributed by atoms with Crippen molar-refractivity contribution in [3.63, 3.8) is 0 Å². The van der Waals surface area contributed by atoms with Crippen LogP contribution in [0.5, 0.6) is 0 Å². The third-order valence-corrected chi connectivity index (χ3v) is 7.36. The monoisotopic (exact) mass is 691 g/mol. The highest BCUT2D eigenvalue weighted by Gasteiger charge is 2.29. The van der Waals surface area contributed by atoms with Crippen LogP contribution in [-0.2, 0) is 52.2 Å². The number of hydrogen-bond acceptors (Lipinski definition) is 12. The van der Waals surface area contributed by atoms with Crippen molar-refractivity contribution in [3.05, 3.63) is 59.7 Å². The SMILES string of the molecule is CC(=O)OCCOCCOCCOCCOCCOCCOCCOCCOCCN(C)C(=O)OCC1c2ccccc2-c2ccccc21. The van der Waals surface area contributed by atoms with Crippen molar-refractivity contribution in [1.29, 1.82) is 0 Å². The third kappa shape index (κ3) is 16.9. The molecule has 2 aromatic rings. The second-order valence-electron chi connectivity index (χ2n) is 11.0. The van der Waals surface area contributed by atoms with Crippen molar-refractivity contribution in [2.75, 3.05) is 133 Å². The maximum Gasteiger partial charge on any atom is 0.409 e. The summed E-state index contributed by atoms with van der Waals surface area (Å²) in [5, 5.41) is 0. The molecular weight excluding hydrogens is 638 g/mol. The number of hydrogen-bond donors (Lipinski definition) is 0. The molecular formula is C36H53NO12. The third-order valence-electron chi connectivity index (χ3n) is 7.36. The molecule has 1 aliphatic rings. The van der Waals surface area contributed by atoms with Crippen molar-refractivity contribution in [2.45, 2.75) is 12.8 Å². The van der Waals surface area contributed by atoms with Crippen molar-refractivity contribution in [3.8, 4) is 11.1 Å². The Labute approximate surface area is 289 Å². The molecule has 0 aromatic heterocycles. The molecule has 2 aromatic carbocycles. The average molecular weight is 692 g/mol. The van der Waals surface area contributed by atoms with Gasteiger partial charge in [0.05, 0.1) is 106 Å². The van der Waals surface area contributed by atoms with Gasteiger partial charge in [0.1, 0.15) is 13.2 Å². The first kappa shape index (κ1) is 40.3. The molecule has 0 N–H and O–H groups in total. The van der Waals surface area contributed by atoms with E-state index in [2.05, 4.69) is 24.3 Å². The summed E-state index contributed by atoms with van der Waals surface area (Å²) in [5.74, 6) is -0.277. The van der Waals surface area contributed by atoms with Crippen LogP contribution < -0.4 is 0 Å². The van der Waals surface area contributed by atoms with Gasteiger partial charge >= 0.3 is 12.1 Å². The molecule has 0 radical (unpaired) electrons. The van der Waals surface area contributed by atoms with Crippen LogP contribution in [0.2, 0.25) is 0 Å². The zero-order chi connectivity index (χ0) is 34.8. The lowest BCUT2D eigenvalue weighted by Gasteiger charge is -2.19. The molecule has 0 heterocycles. The first-order valence-corrected chi connectivity index (χ1v) is 16.9. The van der Waals surface area contributed by atoms with Gasteiger partial charge in [0.2, 0.25) is 0 Å². The van der Waals surface area contributed by atoms with Gasteiger partial charge in [-0.25, -0.2) is 4.79 Å². The number of benzene rings is 2. The summed E-state index contributed by atoms with van der Waals surface area (Å²) in [7, 11) is 1.71. The van der Waals surface area contributed by atoms with E-state index in [1.54, 1.807) is 7.05 Å². The van der Waals surface area contributed by atoms with Crippen LogP contribution in [0.1, 0.15) is 24.0 Å². The van der Waals surface area contributed by atoms with Crippen LogP contribution in [0.25, 0.3) is 11.1 Å². The predicted molar refractivity (Wildman–Crippen MR) is 181 cm³/mol. The Kier molecular flexibility index (Phi) is 21.2. The van der Waals surface area contributed by atoms with Crippen LogP contribution >= 0.6 is 0 Å². The topological polar surface area (TPSA) is 130 Å². The molecule has 0 atom stereocenters. The lowest BCUT2D eigenvalue weighted by atomic mass is 9.98. The molecule has 0 saturated carbocycles. The van der Waals surface area contributed by atoms with Gasteiger partial charge in [-0.2, -0.15) is 0 Å². The zero-order valence-corrected chi connectivity index (χ0v) is 29.0. The van der Waals surface area contributed by atoms with Crippen molar-refractivity contribution >= 4 is 12.1 Å². The summed E-state index contributed by atoms with van der Waals surface area (Å²) in [6, 6.07) is 16.6. The number of ether oxygens (including phenoxy) is 10. The fraction of sp³-hybridized carbons (Fsp3) is 0.611. The number of carbonyl (C=O) groups excluding carboxylic acids is 2. The Bertz CT molecular complexity index is 1140. The highest BCUT2D eigenvalue weighted by Crippen LogP contribution is 2.44. The molecule has 3 rings (SSSR count). The zero-order valence-electron chi connectivity index (χ0n) is 29.0. The number of carbonyl (C=O) groups is 2. The Morgan fingerprint density at radius 1 is 0.510 bits per heavy atom. The molecule has 0 aliphatic heterocycles. The van der Waals surface area contributed by atoms with Crippen molar-refractivity contribution in [2.24, 2.45) is 0 Å². The first-order valence-electron chi connectivity index (χ1n) is 16.9. The van der Waals surface area contributed by atoms with Crippen molar-refractivity contribution < 1.29 is 57.0 Å². The van der Waals surface area contributed by atoms with Gasteiger partial charge in [0.15, 0.2) is 0 Å². The average Bonchev–Trinajstić information content (AvgIpc) is 3.43. The van der Waals surface area contributed by atoms with E-state index in [4.69, 9.17) is 47.4 Å². The van der Waals surface area contributed by atoms with Crippen LogP contribution in [0.4, 0.5) is 4.79 Å². The molecule has 0 bridgehead atoms. The lowest BCUT2D eigenvalue weighted by molar-refractivity contribution is -0.142. The summed E-state index contributed by atoms with van der Waals surface area (Å²) in [6.45, 7) is 9.60. The second-order valence-corrected chi connectivity index (χ2v) is 11.0. The van der Waals surface area contributed by atoms with E-state index in [1.807, 2.05) is 24.3 Å². The molecule has 274 valence electrons. The van der Waals surface area contributed by atoms with Gasteiger partial charge in [-0.15, -0.1) is 0 Å². The van der Waals surface area contributed by atoms with E-state index in [9.17, 15) is 9.59 Å². The quantitative estimate of drug-likeness (QED) is 0.0914. The Hall–Kier alpha value is -3.14. The minimum Gasteiger partial charge on any atom is -0.463 e. The minimum absolute atomic E-state index is 0.0375. The number of rotatable bonds is 29. The molecule has 49 heavy (non-hydrogen) atoms. The Morgan fingerprint density at radius 3 is 1.24 bits per heavy atom. The number of nitrogens with zero attached hydrogens (tertiary/aromatic N) is 1. The maximum atomic E-state index is 12.6. The molecule has 13 heteroatoms. The van der Waals surface area contributed by atoms with E-state index in [1.165, 1.54) is 34.1 Å². The molecule has 0 fully saturated rings. The van der Waals surface area contributed by atoms with E-state index in [0.717, 1.165) is 0 Å². The molecule has 0 saturated heterocycles. The van der Waals surface area contributed by atoms with Crippen LogP contribution in [0.15, 0.2) is 48.5 Å². The molecule has 1 amide bonds. The fourth-order valence-electron chi connectivity index (χ4n) is 4.88. The Balaban J connectivity index is 1.02. The Morgan fingerprint density at radius 2 is 0.857 bits per heavy atom. The summed E-state index contributed by atoms with van der Waals surface area (Å²) in [6.07, 6.45) is -0.367. The number of likely N-dealkylation sites (N-methyl/N-ethyl adjacent to an activating group) is 1. The fourth-order valence-corrected chi connectivity index (χ4v) is 4.88. The predicted octanol–water partition coefficient (Wildman–Crippen LogP) is 3.56. The first-order chi connectivity index (χ1) is 24.1. The highest BCUT2D eigenvalue weighted by molar-refractivity contribution is 5.79. The summed E-state index contributed by atoms with van der Waals surface area (Å²) < 4.78 is 54.1. The largest absolute Gasteiger partial charge is 0.463 e.